The van der Waals surface area contributed by atoms with Crippen LogP contribution in [0.15, 0.2) is 71.8 Å². The number of rotatable bonds is 8. The number of hydrogen-bond donors (Lipinski definition) is 1. The summed E-state index contributed by atoms with van der Waals surface area (Å²) in [6.45, 7) is 3.32. The smallest absolute Gasteiger partial charge is 0.305 e. The highest BCUT2D eigenvalue weighted by Gasteiger charge is 2.37. The number of piperidine rings is 1. The summed E-state index contributed by atoms with van der Waals surface area (Å²) in [4.78, 5) is 13.7. The maximum Gasteiger partial charge on any atom is 0.305 e. The second-order valence-corrected chi connectivity index (χ2v) is 10.1. The lowest BCUT2D eigenvalue weighted by atomic mass is 9.90. The van der Waals surface area contributed by atoms with Gasteiger partial charge < -0.3 is 19.5 Å². The van der Waals surface area contributed by atoms with Crippen molar-refractivity contribution >= 4 is 23.1 Å². The van der Waals surface area contributed by atoms with Gasteiger partial charge in [0, 0.05) is 37.9 Å². The third-order valence-corrected chi connectivity index (χ3v) is 7.57. The van der Waals surface area contributed by atoms with E-state index in [9.17, 15) is 14.3 Å². The van der Waals surface area contributed by atoms with Gasteiger partial charge in [-0.25, -0.2) is 4.39 Å². The minimum atomic E-state index is -0.891. The van der Waals surface area contributed by atoms with Gasteiger partial charge in [0.2, 0.25) is 0 Å². The van der Waals surface area contributed by atoms with E-state index in [1.54, 1.807) is 36.4 Å². The Morgan fingerprint density at radius 3 is 2.38 bits per heavy atom. The molecule has 0 saturated carbocycles. The first-order chi connectivity index (χ1) is 19.4. The first kappa shape index (κ1) is 27.0. The number of carboxylic acid groups (broad SMARTS) is 1. The number of aliphatic carboxylic acids is 1. The highest BCUT2D eigenvalue weighted by atomic mass is 19.1. The molecule has 0 unspecified atom stereocenters. The average Bonchev–Trinajstić information content (AvgIpc) is 3.29. The quantitative estimate of drug-likeness (QED) is 0.404. The Kier molecular flexibility index (Phi) is 7.87. The molecule has 40 heavy (non-hydrogen) atoms. The lowest BCUT2D eigenvalue weighted by Gasteiger charge is -2.34. The van der Waals surface area contributed by atoms with Gasteiger partial charge in [0.25, 0.3) is 0 Å². The van der Waals surface area contributed by atoms with Crippen LogP contribution in [0.2, 0.25) is 0 Å². The predicted octanol–water partition coefficient (Wildman–Crippen LogP) is 5.46. The van der Waals surface area contributed by atoms with Gasteiger partial charge in [0.1, 0.15) is 23.4 Å². The topological polar surface area (TPSA) is 98.4 Å². The Bertz CT molecular complexity index is 1430. The molecule has 0 bridgehead atoms. The third kappa shape index (κ3) is 5.71. The molecule has 206 valence electrons. The van der Waals surface area contributed by atoms with Gasteiger partial charge in [0.05, 0.1) is 48.3 Å². The van der Waals surface area contributed by atoms with E-state index in [2.05, 4.69) is 6.07 Å². The van der Waals surface area contributed by atoms with Crippen LogP contribution >= 0.6 is 0 Å². The molecule has 1 N–H and O–H groups in total. The molecule has 0 amide bonds. The number of methoxy groups -OCH3 is 1. The number of halogens is 1. The van der Waals surface area contributed by atoms with Crippen molar-refractivity contribution in [3.05, 3.63) is 83.7 Å². The molecule has 1 fully saturated rings. The monoisotopic (exact) mass is 542 g/mol. The van der Waals surface area contributed by atoms with E-state index in [1.807, 2.05) is 48.2 Å². The van der Waals surface area contributed by atoms with Crippen LogP contribution in [0, 0.1) is 23.1 Å². The van der Waals surface area contributed by atoms with Crippen molar-refractivity contribution in [2.45, 2.75) is 38.3 Å². The van der Waals surface area contributed by atoms with Crippen LogP contribution in [-0.4, -0.2) is 49.1 Å². The highest BCUT2D eigenvalue weighted by Crippen LogP contribution is 2.34. The summed E-state index contributed by atoms with van der Waals surface area (Å²) in [6, 6.07) is 21.2. The standard InChI is InChI=1S/C31H31FN4O4/c1-20-28(18-30(37)38)36(34-31(20)22-5-3-21(19-33)4-6-22)23-7-9-24(10-8-23)40-25-13-15-35(16-14-25)29-17-26(39-2)11-12-27(29)32/h3-12,17,20,25,28H,13-16,18H2,1-2H3,(H,37,38)/t20-,28-/m0/s1. The number of ether oxygens (including phenoxy) is 2. The van der Waals surface area contributed by atoms with E-state index in [0.717, 1.165) is 29.8 Å². The molecule has 2 aliphatic heterocycles. The third-order valence-electron chi connectivity index (χ3n) is 7.57. The van der Waals surface area contributed by atoms with Crippen LogP contribution in [0.5, 0.6) is 11.5 Å². The average molecular weight is 543 g/mol. The fourth-order valence-corrected chi connectivity index (χ4v) is 5.35. The van der Waals surface area contributed by atoms with Crippen LogP contribution in [0.3, 0.4) is 0 Å². The molecule has 2 heterocycles. The second-order valence-electron chi connectivity index (χ2n) is 10.1. The molecule has 0 aromatic heterocycles. The van der Waals surface area contributed by atoms with Gasteiger partial charge in [-0.3, -0.25) is 9.80 Å². The highest BCUT2D eigenvalue weighted by molar-refractivity contribution is 6.05. The summed E-state index contributed by atoms with van der Waals surface area (Å²) < 4.78 is 25.9. The van der Waals surface area contributed by atoms with Crippen LogP contribution in [-0.2, 0) is 4.79 Å². The predicted molar refractivity (Wildman–Crippen MR) is 151 cm³/mol. The number of nitrogens with zero attached hydrogens (tertiary/aromatic N) is 4. The zero-order valence-corrected chi connectivity index (χ0v) is 22.5. The zero-order chi connectivity index (χ0) is 28.2. The molecule has 5 rings (SSSR count). The first-order valence-electron chi connectivity index (χ1n) is 13.3. The molecule has 1 saturated heterocycles. The van der Waals surface area contributed by atoms with Crippen molar-refractivity contribution in [2.75, 3.05) is 30.1 Å². The molecule has 0 spiro atoms. The normalized spacial score (nSPS) is 19.2. The van der Waals surface area contributed by atoms with Gasteiger partial charge in [-0.1, -0.05) is 19.1 Å². The molecule has 3 aromatic carbocycles. The van der Waals surface area contributed by atoms with Crippen LogP contribution in [0.4, 0.5) is 15.8 Å². The van der Waals surface area contributed by atoms with Crippen molar-refractivity contribution < 1.29 is 23.8 Å². The first-order valence-corrected chi connectivity index (χ1v) is 13.3. The summed E-state index contributed by atoms with van der Waals surface area (Å²) in [5.74, 6) is 0.0605. The molecular weight excluding hydrogens is 511 g/mol. The van der Waals surface area contributed by atoms with Gasteiger partial charge in [0.15, 0.2) is 0 Å². The van der Waals surface area contributed by atoms with Crippen LogP contribution in [0.1, 0.15) is 37.3 Å². The van der Waals surface area contributed by atoms with Crippen molar-refractivity contribution in [2.24, 2.45) is 11.0 Å². The summed E-state index contributed by atoms with van der Waals surface area (Å²) in [7, 11) is 1.57. The minimum Gasteiger partial charge on any atom is -0.497 e. The van der Waals surface area contributed by atoms with Crippen molar-refractivity contribution in [1.29, 1.82) is 5.26 Å². The molecular formula is C31H31FN4O4. The molecule has 3 aromatic rings. The van der Waals surface area contributed by atoms with E-state index in [0.29, 0.717) is 35.8 Å². The largest absolute Gasteiger partial charge is 0.497 e. The number of benzene rings is 3. The number of anilines is 2. The molecule has 0 radical (unpaired) electrons. The fraction of sp³-hybridized carbons (Fsp3) is 0.323. The number of carbonyl (C=O) groups is 1. The van der Waals surface area contributed by atoms with Crippen LogP contribution < -0.4 is 19.4 Å². The molecule has 9 heteroatoms. The Hall–Kier alpha value is -4.58. The molecule has 2 atom stereocenters. The number of hydrogen-bond acceptors (Lipinski definition) is 7. The Morgan fingerprint density at radius 1 is 1.07 bits per heavy atom. The van der Waals surface area contributed by atoms with Gasteiger partial charge in [-0.2, -0.15) is 10.4 Å². The van der Waals surface area contributed by atoms with E-state index in [1.165, 1.54) is 6.07 Å². The molecule has 2 aliphatic rings. The number of carboxylic acids is 1. The van der Waals surface area contributed by atoms with Gasteiger partial charge >= 0.3 is 5.97 Å². The zero-order valence-electron chi connectivity index (χ0n) is 22.5. The Labute approximate surface area is 232 Å². The van der Waals surface area contributed by atoms with Crippen molar-refractivity contribution in [3.8, 4) is 17.6 Å². The van der Waals surface area contributed by atoms with Crippen molar-refractivity contribution in [3.63, 3.8) is 0 Å². The van der Waals surface area contributed by atoms with E-state index in [4.69, 9.17) is 19.8 Å². The van der Waals surface area contributed by atoms with Crippen LogP contribution in [0.25, 0.3) is 0 Å². The fourth-order valence-electron chi connectivity index (χ4n) is 5.35. The maximum atomic E-state index is 14.4. The summed E-state index contributed by atoms with van der Waals surface area (Å²) in [5, 5.41) is 25.3. The summed E-state index contributed by atoms with van der Waals surface area (Å²) in [6.07, 6.45) is 1.44. The molecule has 0 aliphatic carbocycles. The summed E-state index contributed by atoms with van der Waals surface area (Å²) in [5.41, 5.74) is 3.53. The van der Waals surface area contributed by atoms with Crippen molar-refractivity contribution in [1.82, 2.24) is 0 Å². The minimum absolute atomic E-state index is 0.00309. The lowest BCUT2D eigenvalue weighted by Crippen LogP contribution is -2.38. The van der Waals surface area contributed by atoms with E-state index >= 15 is 0 Å². The second kappa shape index (κ2) is 11.7. The van der Waals surface area contributed by atoms with Gasteiger partial charge in [-0.05, 0) is 54.1 Å². The SMILES string of the molecule is COc1ccc(F)c(N2CCC(Oc3ccc(N4N=C(c5ccc(C#N)cc5)[C@@H](C)[C@@H]4CC(=O)O)cc3)CC2)c1. The summed E-state index contributed by atoms with van der Waals surface area (Å²) >= 11 is 0. The number of nitriles is 1. The maximum absolute atomic E-state index is 14.4. The molecule has 8 nitrogen and oxygen atoms in total. The number of hydrazone groups is 1. The van der Waals surface area contributed by atoms with E-state index in [-0.39, 0.29) is 30.3 Å². The van der Waals surface area contributed by atoms with Gasteiger partial charge in [-0.15, -0.1) is 0 Å². The Morgan fingerprint density at radius 2 is 1.75 bits per heavy atom. The van der Waals surface area contributed by atoms with E-state index < -0.39 is 5.97 Å². The lowest BCUT2D eigenvalue weighted by molar-refractivity contribution is -0.137. The Balaban J connectivity index is 1.26.